The van der Waals surface area contributed by atoms with Crippen LogP contribution in [0.25, 0.3) is 0 Å². The fourth-order valence-electron chi connectivity index (χ4n) is 3.22. The fraction of sp³-hybridized carbons (Fsp3) is 0.933. The van der Waals surface area contributed by atoms with Crippen molar-refractivity contribution >= 4 is 5.91 Å². The second-order valence-corrected chi connectivity index (χ2v) is 6.12. The van der Waals surface area contributed by atoms with Gasteiger partial charge in [0.1, 0.15) is 0 Å². The second-order valence-electron chi connectivity index (χ2n) is 6.12. The highest BCUT2D eigenvalue weighted by molar-refractivity contribution is 5.81. The predicted octanol–water partition coefficient (Wildman–Crippen LogP) is 1.84. The van der Waals surface area contributed by atoms with Crippen molar-refractivity contribution in [1.29, 1.82) is 0 Å². The Morgan fingerprint density at radius 2 is 1.74 bits per heavy atom. The van der Waals surface area contributed by atoms with Gasteiger partial charge >= 0.3 is 0 Å². The Bertz CT molecular complexity index is 284. The summed E-state index contributed by atoms with van der Waals surface area (Å²) >= 11 is 0. The van der Waals surface area contributed by atoms with Crippen LogP contribution in [0.4, 0.5) is 0 Å². The lowest BCUT2D eigenvalue weighted by atomic mass is 9.92. The molecule has 0 aromatic rings. The zero-order valence-electron chi connectivity index (χ0n) is 12.3. The van der Waals surface area contributed by atoms with E-state index in [1.54, 1.807) is 0 Å². The molecule has 2 unspecified atom stereocenters. The molecule has 1 saturated heterocycles. The topological polar surface area (TPSA) is 50.4 Å². The lowest BCUT2D eigenvalue weighted by molar-refractivity contribution is -0.123. The lowest BCUT2D eigenvalue weighted by Gasteiger charge is -2.30. The quantitative estimate of drug-likeness (QED) is 0.800. The van der Waals surface area contributed by atoms with Crippen LogP contribution in [0.1, 0.15) is 52.4 Å². The number of ether oxygens (including phenoxy) is 1. The molecule has 0 radical (unpaired) electrons. The van der Waals surface area contributed by atoms with E-state index in [9.17, 15) is 4.79 Å². The Labute approximate surface area is 116 Å². The molecule has 110 valence electrons. The van der Waals surface area contributed by atoms with Gasteiger partial charge in [-0.15, -0.1) is 0 Å². The Morgan fingerprint density at radius 3 is 2.37 bits per heavy atom. The van der Waals surface area contributed by atoms with E-state index in [0.29, 0.717) is 18.0 Å². The smallest absolute Gasteiger partial charge is 0.237 e. The van der Waals surface area contributed by atoms with Crippen LogP contribution in [-0.2, 0) is 9.53 Å². The van der Waals surface area contributed by atoms with Crippen molar-refractivity contribution in [3.05, 3.63) is 0 Å². The van der Waals surface area contributed by atoms with Crippen LogP contribution in [0.2, 0.25) is 0 Å². The predicted molar refractivity (Wildman–Crippen MR) is 76.0 cm³/mol. The molecule has 4 heteroatoms. The van der Waals surface area contributed by atoms with Crippen molar-refractivity contribution < 1.29 is 9.53 Å². The van der Waals surface area contributed by atoms with E-state index < -0.39 is 0 Å². The van der Waals surface area contributed by atoms with Gasteiger partial charge in [0.2, 0.25) is 5.91 Å². The Hall–Kier alpha value is -0.610. The van der Waals surface area contributed by atoms with Crippen molar-refractivity contribution in [3.8, 4) is 0 Å². The van der Waals surface area contributed by atoms with Gasteiger partial charge in [-0.3, -0.25) is 4.79 Å². The molecule has 4 nitrogen and oxygen atoms in total. The molecule has 1 aliphatic heterocycles. The highest BCUT2D eigenvalue weighted by Gasteiger charge is 2.25. The first-order valence-electron chi connectivity index (χ1n) is 7.81. The van der Waals surface area contributed by atoms with Gasteiger partial charge in [0, 0.05) is 25.3 Å². The molecular formula is C15H28N2O2. The summed E-state index contributed by atoms with van der Waals surface area (Å²) in [7, 11) is 0. The van der Waals surface area contributed by atoms with Gasteiger partial charge < -0.3 is 15.4 Å². The van der Waals surface area contributed by atoms with Gasteiger partial charge in [0.25, 0.3) is 0 Å². The van der Waals surface area contributed by atoms with Gasteiger partial charge in [-0.1, -0.05) is 12.8 Å². The van der Waals surface area contributed by atoms with Crippen LogP contribution >= 0.6 is 0 Å². The zero-order valence-corrected chi connectivity index (χ0v) is 12.3. The summed E-state index contributed by atoms with van der Waals surface area (Å²) in [5.74, 6) is 0.793. The van der Waals surface area contributed by atoms with E-state index in [4.69, 9.17) is 4.74 Å². The summed E-state index contributed by atoms with van der Waals surface area (Å²) in [6.45, 7) is 5.88. The number of amides is 1. The van der Waals surface area contributed by atoms with Crippen LogP contribution in [0.15, 0.2) is 0 Å². The van der Waals surface area contributed by atoms with E-state index in [0.717, 1.165) is 38.9 Å². The molecule has 2 fully saturated rings. The second kappa shape index (κ2) is 7.25. The molecule has 2 atom stereocenters. The minimum atomic E-state index is -0.0987. The molecule has 2 rings (SSSR count). The molecule has 2 N–H and O–H groups in total. The average Bonchev–Trinajstić information content (AvgIpc) is 2.92. The van der Waals surface area contributed by atoms with Crippen molar-refractivity contribution in [2.24, 2.45) is 5.92 Å². The van der Waals surface area contributed by atoms with Gasteiger partial charge in [-0.2, -0.15) is 0 Å². The number of nitrogens with one attached hydrogen (secondary N) is 2. The largest absolute Gasteiger partial charge is 0.381 e. The van der Waals surface area contributed by atoms with Gasteiger partial charge in [0.15, 0.2) is 0 Å². The van der Waals surface area contributed by atoms with E-state index >= 15 is 0 Å². The molecule has 1 heterocycles. The van der Waals surface area contributed by atoms with Crippen LogP contribution < -0.4 is 10.6 Å². The summed E-state index contributed by atoms with van der Waals surface area (Å²) in [6.07, 6.45) is 7.01. The normalized spacial score (nSPS) is 25.2. The van der Waals surface area contributed by atoms with Gasteiger partial charge in [-0.05, 0) is 45.4 Å². The zero-order chi connectivity index (χ0) is 13.7. The summed E-state index contributed by atoms with van der Waals surface area (Å²) < 4.78 is 5.38. The van der Waals surface area contributed by atoms with Gasteiger partial charge in [0.05, 0.1) is 6.04 Å². The third-order valence-electron chi connectivity index (χ3n) is 4.58. The van der Waals surface area contributed by atoms with E-state index in [2.05, 4.69) is 17.6 Å². The van der Waals surface area contributed by atoms with Crippen LogP contribution in [0, 0.1) is 5.92 Å². The molecule has 1 saturated carbocycles. The monoisotopic (exact) mass is 268 g/mol. The van der Waals surface area contributed by atoms with Crippen molar-refractivity contribution in [2.45, 2.75) is 70.5 Å². The van der Waals surface area contributed by atoms with Crippen molar-refractivity contribution in [2.75, 3.05) is 13.2 Å². The van der Waals surface area contributed by atoms with Crippen molar-refractivity contribution in [1.82, 2.24) is 10.6 Å². The third kappa shape index (κ3) is 4.46. The molecule has 1 amide bonds. The highest BCUT2D eigenvalue weighted by Crippen LogP contribution is 2.19. The maximum Gasteiger partial charge on any atom is 0.237 e. The van der Waals surface area contributed by atoms with Crippen LogP contribution in [-0.4, -0.2) is 37.2 Å². The van der Waals surface area contributed by atoms with E-state index in [1.165, 1.54) is 12.8 Å². The minimum Gasteiger partial charge on any atom is -0.381 e. The molecule has 0 aromatic carbocycles. The number of carbonyl (C=O) groups excluding carboxylic acids is 1. The van der Waals surface area contributed by atoms with Crippen LogP contribution in [0.5, 0.6) is 0 Å². The molecule has 0 spiro atoms. The maximum absolute atomic E-state index is 12.1. The standard InChI is InChI=1S/C15H28N2O2/c1-11(13-7-9-19-10-8-13)16-12(2)15(18)17-14-5-3-4-6-14/h11-14,16H,3-10H2,1-2H3,(H,17,18). The third-order valence-corrected chi connectivity index (χ3v) is 4.58. The number of rotatable bonds is 5. The first-order chi connectivity index (χ1) is 9.16. The first kappa shape index (κ1) is 14.8. The fourth-order valence-corrected chi connectivity index (χ4v) is 3.22. The maximum atomic E-state index is 12.1. The minimum absolute atomic E-state index is 0.0987. The number of hydrogen-bond donors (Lipinski definition) is 2. The highest BCUT2D eigenvalue weighted by atomic mass is 16.5. The number of hydrogen-bond acceptors (Lipinski definition) is 3. The molecule has 1 aliphatic carbocycles. The van der Waals surface area contributed by atoms with E-state index in [1.807, 2.05) is 6.92 Å². The van der Waals surface area contributed by atoms with Crippen LogP contribution in [0.3, 0.4) is 0 Å². The summed E-state index contributed by atoms with van der Waals surface area (Å²) in [5, 5.41) is 6.62. The molecular weight excluding hydrogens is 240 g/mol. The molecule has 0 aromatic heterocycles. The Balaban J connectivity index is 1.72. The molecule has 2 aliphatic rings. The first-order valence-corrected chi connectivity index (χ1v) is 7.81. The Morgan fingerprint density at radius 1 is 1.11 bits per heavy atom. The molecule has 0 bridgehead atoms. The Kier molecular flexibility index (Phi) is 5.64. The summed E-state index contributed by atoms with van der Waals surface area (Å²) in [4.78, 5) is 12.1. The van der Waals surface area contributed by atoms with Crippen molar-refractivity contribution in [3.63, 3.8) is 0 Å². The van der Waals surface area contributed by atoms with E-state index in [-0.39, 0.29) is 11.9 Å². The SMILES string of the molecule is CC(NC(C)C1CCOCC1)C(=O)NC1CCCC1. The number of carbonyl (C=O) groups is 1. The average molecular weight is 268 g/mol. The molecule has 19 heavy (non-hydrogen) atoms. The van der Waals surface area contributed by atoms with Gasteiger partial charge in [-0.25, -0.2) is 0 Å². The summed E-state index contributed by atoms with van der Waals surface area (Å²) in [5.41, 5.74) is 0. The summed E-state index contributed by atoms with van der Waals surface area (Å²) in [6, 6.07) is 0.696. The lowest BCUT2D eigenvalue weighted by Crippen LogP contribution is -2.50.